The zero-order chi connectivity index (χ0) is 17.8. The molecule has 0 nitrogen and oxygen atoms in total. The minimum absolute atomic E-state index is 0.881. The van der Waals surface area contributed by atoms with Crippen molar-refractivity contribution in [1.29, 1.82) is 0 Å². The Morgan fingerprint density at radius 2 is 1.48 bits per heavy atom. The first kappa shape index (κ1) is 17.8. The van der Waals surface area contributed by atoms with Crippen molar-refractivity contribution in [3.63, 3.8) is 0 Å². The highest BCUT2D eigenvalue weighted by atomic mass is 14.2. The molecule has 0 heteroatoms. The van der Waals surface area contributed by atoms with Crippen molar-refractivity contribution in [1.82, 2.24) is 0 Å². The Labute approximate surface area is 153 Å². The summed E-state index contributed by atoms with van der Waals surface area (Å²) < 4.78 is 0. The molecule has 2 aromatic rings. The lowest BCUT2D eigenvalue weighted by atomic mass is 9.80. The van der Waals surface area contributed by atoms with E-state index in [4.69, 9.17) is 0 Å². The number of hydrogen-bond acceptors (Lipinski definition) is 0. The molecule has 2 aromatic carbocycles. The van der Waals surface area contributed by atoms with Gasteiger partial charge in [0.2, 0.25) is 0 Å². The molecule has 1 aliphatic rings. The average molecular weight is 331 g/mol. The molecular weight excluding hydrogens is 300 g/mol. The topological polar surface area (TPSA) is 0 Å². The van der Waals surface area contributed by atoms with Gasteiger partial charge in [-0.2, -0.15) is 0 Å². The molecule has 0 heterocycles. The van der Waals surface area contributed by atoms with Crippen molar-refractivity contribution in [3.8, 4) is 11.8 Å². The van der Waals surface area contributed by atoms with Crippen LogP contribution in [0.2, 0.25) is 0 Å². The first-order valence-corrected chi connectivity index (χ1v) is 9.70. The standard InChI is InChI=1S/C25H30/c1-18-5-8-23(9-6-18)17-24-12-10-22(11-13-24)14-16-25-15-7-19(2)20(3)21(25)4/h7,10-13,15,18,23H,5-6,8-9,17H2,1-4H3. The van der Waals surface area contributed by atoms with E-state index in [0.717, 1.165) is 23.0 Å². The Balaban J connectivity index is 1.67. The maximum Gasteiger partial charge on any atom is 0.0281 e. The third kappa shape index (κ3) is 4.55. The highest BCUT2D eigenvalue weighted by molar-refractivity contribution is 5.50. The van der Waals surface area contributed by atoms with Crippen molar-refractivity contribution >= 4 is 0 Å². The Morgan fingerprint density at radius 3 is 2.16 bits per heavy atom. The summed E-state index contributed by atoms with van der Waals surface area (Å²) in [4.78, 5) is 0. The monoisotopic (exact) mass is 330 g/mol. The number of hydrogen-bond donors (Lipinski definition) is 0. The molecule has 0 spiro atoms. The van der Waals surface area contributed by atoms with Crippen LogP contribution in [-0.4, -0.2) is 0 Å². The van der Waals surface area contributed by atoms with Gasteiger partial charge in [-0.25, -0.2) is 0 Å². The van der Waals surface area contributed by atoms with Gasteiger partial charge in [0, 0.05) is 11.1 Å². The van der Waals surface area contributed by atoms with Crippen LogP contribution in [0, 0.1) is 44.4 Å². The fourth-order valence-corrected chi connectivity index (χ4v) is 3.82. The van der Waals surface area contributed by atoms with E-state index in [1.807, 2.05) is 0 Å². The van der Waals surface area contributed by atoms with Crippen LogP contribution >= 0.6 is 0 Å². The lowest BCUT2D eigenvalue weighted by Gasteiger charge is -2.26. The summed E-state index contributed by atoms with van der Waals surface area (Å²) in [6, 6.07) is 13.2. The smallest absolute Gasteiger partial charge is 0.0281 e. The molecular formula is C25H30. The lowest BCUT2D eigenvalue weighted by molar-refractivity contribution is 0.289. The first-order valence-electron chi connectivity index (χ1n) is 9.70. The van der Waals surface area contributed by atoms with Gasteiger partial charge in [-0.05, 0) is 92.3 Å². The van der Waals surface area contributed by atoms with Crippen molar-refractivity contribution in [2.24, 2.45) is 11.8 Å². The summed E-state index contributed by atoms with van der Waals surface area (Å²) in [5.41, 5.74) is 7.71. The van der Waals surface area contributed by atoms with Gasteiger partial charge >= 0.3 is 0 Å². The molecule has 0 aliphatic heterocycles. The molecule has 0 unspecified atom stereocenters. The summed E-state index contributed by atoms with van der Waals surface area (Å²) >= 11 is 0. The lowest BCUT2D eigenvalue weighted by Crippen LogP contribution is -2.14. The summed E-state index contributed by atoms with van der Waals surface area (Å²) in [5, 5.41) is 0. The van der Waals surface area contributed by atoms with Gasteiger partial charge in [0.05, 0.1) is 0 Å². The molecule has 130 valence electrons. The molecule has 0 N–H and O–H groups in total. The van der Waals surface area contributed by atoms with E-state index in [1.54, 1.807) is 0 Å². The van der Waals surface area contributed by atoms with Crippen LogP contribution in [-0.2, 0) is 6.42 Å². The molecule has 1 saturated carbocycles. The van der Waals surface area contributed by atoms with Gasteiger partial charge in [-0.3, -0.25) is 0 Å². The fourth-order valence-electron chi connectivity index (χ4n) is 3.82. The highest BCUT2D eigenvalue weighted by Crippen LogP contribution is 2.30. The van der Waals surface area contributed by atoms with E-state index < -0.39 is 0 Å². The number of rotatable bonds is 2. The Morgan fingerprint density at radius 1 is 0.800 bits per heavy atom. The van der Waals surface area contributed by atoms with Crippen LogP contribution in [0.3, 0.4) is 0 Å². The predicted molar refractivity (Wildman–Crippen MR) is 108 cm³/mol. The zero-order valence-electron chi connectivity index (χ0n) is 16.2. The average Bonchev–Trinajstić information content (AvgIpc) is 2.62. The van der Waals surface area contributed by atoms with Crippen molar-refractivity contribution < 1.29 is 0 Å². The molecule has 1 fully saturated rings. The summed E-state index contributed by atoms with van der Waals surface area (Å²) in [6.07, 6.45) is 6.84. The quantitative estimate of drug-likeness (QED) is 0.560. The van der Waals surface area contributed by atoms with Crippen molar-refractivity contribution in [3.05, 3.63) is 69.8 Å². The van der Waals surface area contributed by atoms with Crippen LogP contribution in [0.4, 0.5) is 0 Å². The van der Waals surface area contributed by atoms with E-state index >= 15 is 0 Å². The molecule has 0 saturated heterocycles. The first-order chi connectivity index (χ1) is 12.0. The largest absolute Gasteiger partial charge is 0.0625 e. The molecule has 0 radical (unpaired) electrons. The van der Waals surface area contributed by atoms with Crippen molar-refractivity contribution in [2.75, 3.05) is 0 Å². The molecule has 25 heavy (non-hydrogen) atoms. The summed E-state index contributed by atoms with van der Waals surface area (Å²) in [5.74, 6) is 8.50. The maximum absolute atomic E-state index is 3.35. The molecule has 0 aromatic heterocycles. The maximum atomic E-state index is 3.35. The van der Waals surface area contributed by atoms with Crippen LogP contribution in [0.25, 0.3) is 0 Å². The second-order valence-electron chi connectivity index (χ2n) is 7.96. The highest BCUT2D eigenvalue weighted by Gasteiger charge is 2.18. The van der Waals surface area contributed by atoms with Crippen LogP contribution in [0.5, 0.6) is 0 Å². The van der Waals surface area contributed by atoms with E-state index in [0.29, 0.717) is 0 Å². The van der Waals surface area contributed by atoms with E-state index in [-0.39, 0.29) is 0 Å². The third-order valence-electron chi connectivity index (χ3n) is 6.01. The van der Waals surface area contributed by atoms with E-state index in [1.165, 1.54) is 54.4 Å². The summed E-state index contributed by atoms with van der Waals surface area (Å²) in [7, 11) is 0. The summed E-state index contributed by atoms with van der Waals surface area (Å²) in [6.45, 7) is 8.89. The Kier molecular flexibility index (Phi) is 5.64. The Bertz CT molecular complexity index is 775. The minimum atomic E-state index is 0.881. The molecule has 0 amide bonds. The second kappa shape index (κ2) is 7.92. The van der Waals surface area contributed by atoms with Crippen LogP contribution < -0.4 is 0 Å². The molecule has 1 aliphatic carbocycles. The van der Waals surface area contributed by atoms with E-state index in [9.17, 15) is 0 Å². The molecule has 0 atom stereocenters. The number of benzene rings is 2. The third-order valence-corrected chi connectivity index (χ3v) is 6.01. The van der Waals surface area contributed by atoms with Crippen molar-refractivity contribution in [2.45, 2.75) is 59.8 Å². The van der Waals surface area contributed by atoms with Gasteiger partial charge in [-0.1, -0.05) is 49.8 Å². The zero-order valence-corrected chi connectivity index (χ0v) is 16.2. The number of aryl methyl sites for hydroxylation is 1. The van der Waals surface area contributed by atoms with Gasteiger partial charge in [0.1, 0.15) is 0 Å². The van der Waals surface area contributed by atoms with Crippen LogP contribution in [0.1, 0.15) is 66.0 Å². The Hall–Kier alpha value is -2.00. The SMILES string of the molecule is Cc1ccc(C#Cc2ccc(CC3CCC(C)CC3)cc2)c(C)c1C. The fraction of sp³-hybridized carbons (Fsp3) is 0.440. The normalized spacial score (nSPS) is 20.0. The van der Waals surface area contributed by atoms with Crippen LogP contribution in [0.15, 0.2) is 36.4 Å². The van der Waals surface area contributed by atoms with E-state index in [2.05, 4.69) is 75.9 Å². The van der Waals surface area contributed by atoms with Gasteiger partial charge in [-0.15, -0.1) is 0 Å². The van der Waals surface area contributed by atoms with Gasteiger partial charge < -0.3 is 0 Å². The van der Waals surface area contributed by atoms with Gasteiger partial charge in [0.25, 0.3) is 0 Å². The second-order valence-corrected chi connectivity index (χ2v) is 7.96. The molecule has 0 bridgehead atoms. The molecule has 3 rings (SSSR count). The van der Waals surface area contributed by atoms with Gasteiger partial charge in [0.15, 0.2) is 0 Å². The predicted octanol–water partition coefficient (Wildman–Crippen LogP) is 6.38. The minimum Gasteiger partial charge on any atom is -0.0625 e.